The third kappa shape index (κ3) is 2.43. The molecular weight excluding hydrogens is 266 g/mol. The van der Waals surface area contributed by atoms with Crippen molar-refractivity contribution in [3.8, 4) is 0 Å². The molecule has 114 valence electrons. The first kappa shape index (κ1) is 14.1. The lowest BCUT2D eigenvalue weighted by Gasteiger charge is -2.39. The number of nitrogens with one attached hydrogen (secondary N) is 1. The molecule has 1 aromatic rings. The molecular formula is C15H23N5O. The summed E-state index contributed by atoms with van der Waals surface area (Å²) < 4.78 is 0. The summed E-state index contributed by atoms with van der Waals surface area (Å²) >= 11 is 0. The number of piperazine rings is 1. The number of aryl methyl sites for hydroxylation is 1. The fourth-order valence-corrected chi connectivity index (χ4v) is 3.32. The van der Waals surface area contributed by atoms with Crippen LogP contribution in [0.1, 0.15) is 31.2 Å². The smallest absolute Gasteiger partial charge is 0.223 e. The second-order valence-electron chi connectivity index (χ2n) is 5.77. The van der Waals surface area contributed by atoms with Gasteiger partial charge in [-0.05, 0) is 13.3 Å². The Bertz CT molecular complexity index is 559. The molecule has 1 aromatic heterocycles. The molecule has 1 N–H and O–H groups in total. The van der Waals surface area contributed by atoms with Crippen LogP contribution in [0.4, 0.5) is 11.6 Å². The van der Waals surface area contributed by atoms with Crippen LogP contribution in [0, 0.1) is 6.92 Å². The third-order valence-electron chi connectivity index (χ3n) is 4.51. The van der Waals surface area contributed by atoms with Gasteiger partial charge in [-0.25, -0.2) is 9.97 Å². The topological polar surface area (TPSA) is 61.4 Å². The Morgan fingerprint density at radius 2 is 2.14 bits per heavy atom. The van der Waals surface area contributed by atoms with Gasteiger partial charge in [0.2, 0.25) is 5.91 Å². The molecule has 2 aliphatic rings. The Morgan fingerprint density at radius 3 is 2.86 bits per heavy atom. The van der Waals surface area contributed by atoms with Crippen molar-refractivity contribution in [2.24, 2.45) is 0 Å². The standard InChI is InChI=1S/C15H23N5O/c1-4-12-17-14(16-3)10(2)15(18-12)19-7-8-20-11(9-19)5-6-13(20)21/h11H,4-9H2,1-3H3,(H,16,17,18). The van der Waals surface area contributed by atoms with Crippen LogP contribution in [0.2, 0.25) is 0 Å². The molecule has 3 heterocycles. The quantitative estimate of drug-likeness (QED) is 0.906. The Morgan fingerprint density at radius 1 is 1.33 bits per heavy atom. The van der Waals surface area contributed by atoms with Crippen LogP contribution in [0.5, 0.6) is 0 Å². The molecule has 6 heteroatoms. The Kier molecular flexibility index (Phi) is 3.69. The monoisotopic (exact) mass is 289 g/mol. The molecule has 2 saturated heterocycles. The normalized spacial score (nSPS) is 21.7. The lowest BCUT2D eigenvalue weighted by atomic mass is 10.1. The highest BCUT2D eigenvalue weighted by atomic mass is 16.2. The van der Waals surface area contributed by atoms with Gasteiger partial charge in [0.05, 0.1) is 0 Å². The van der Waals surface area contributed by atoms with E-state index in [2.05, 4.69) is 29.0 Å². The number of carbonyl (C=O) groups excluding carboxylic acids is 1. The minimum Gasteiger partial charge on any atom is -0.373 e. The van der Waals surface area contributed by atoms with Gasteiger partial charge in [0, 0.05) is 51.1 Å². The molecule has 0 aliphatic carbocycles. The first-order valence-corrected chi connectivity index (χ1v) is 7.73. The lowest BCUT2D eigenvalue weighted by Crippen LogP contribution is -2.52. The van der Waals surface area contributed by atoms with E-state index < -0.39 is 0 Å². The van der Waals surface area contributed by atoms with Crippen molar-refractivity contribution in [2.75, 3.05) is 36.9 Å². The van der Waals surface area contributed by atoms with Crippen LogP contribution in [-0.2, 0) is 11.2 Å². The maximum atomic E-state index is 11.8. The number of nitrogens with zero attached hydrogens (tertiary/aromatic N) is 4. The van der Waals surface area contributed by atoms with Crippen molar-refractivity contribution in [3.63, 3.8) is 0 Å². The average Bonchev–Trinajstić information content (AvgIpc) is 2.88. The molecule has 3 rings (SSSR count). The van der Waals surface area contributed by atoms with Gasteiger partial charge in [0.1, 0.15) is 17.5 Å². The molecule has 0 spiro atoms. The van der Waals surface area contributed by atoms with Gasteiger partial charge in [-0.3, -0.25) is 4.79 Å². The molecule has 0 radical (unpaired) electrons. The number of hydrogen-bond donors (Lipinski definition) is 1. The van der Waals surface area contributed by atoms with Crippen molar-refractivity contribution in [3.05, 3.63) is 11.4 Å². The van der Waals surface area contributed by atoms with Crippen molar-refractivity contribution in [1.82, 2.24) is 14.9 Å². The van der Waals surface area contributed by atoms with Crippen LogP contribution in [-0.4, -0.2) is 53.5 Å². The van der Waals surface area contributed by atoms with Crippen LogP contribution >= 0.6 is 0 Å². The fourth-order valence-electron chi connectivity index (χ4n) is 3.32. The third-order valence-corrected chi connectivity index (χ3v) is 4.51. The maximum absolute atomic E-state index is 11.8. The highest BCUT2D eigenvalue weighted by Gasteiger charge is 2.36. The lowest BCUT2D eigenvalue weighted by molar-refractivity contribution is -0.129. The van der Waals surface area contributed by atoms with Gasteiger partial charge in [0.15, 0.2) is 0 Å². The summed E-state index contributed by atoms with van der Waals surface area (Å²) in [5.41, 5.74) is 1.09. The number of carbonyl (C=O) groups is 1. The minimum absolute atomic E-state index is 0.309. The Labute approximate surface area is 125 Å². The van der Waals surface area contributed by atoms with E-state index >= 15 is 0 Å². The first-order chi connectivity index (χ1) is 10.1. The molecule has 0 saturated carbocycles. The Hall–Kier alpha value is -1.85. The Balaban J connectivity index is 1.88. The molecule has 0 bridgehead atoms. The molecule has 2 fully saturated rings. The van der Waals surface area contributed by atoms with E-state index in [1.807, 2.05) is 11.9 Å². The van der Waals surface area contributed by atoms with Gasteiger partial charge in [-0.15, -0.1) is 0 Å². The second kappa shape index (κ2) is 5.50. The van der Waals surface area contributed by atoms with E-state index in [0.29, 0.717) is 18.4 Å². The summed E-state index contributed by atoms with van der Waals surface area (Å²) in [5, 5.41) is 3.16. The summed E-state index contributed by atoms with van der Waals surface area (Å²) in [6, 6.07) is 0.351. The van der Waals surface area contributed by atoms with Crippen LogP contribution < -0.4 is 10.2 Å². The van der Waals surface area contributed by atoms with Gasteiger partial charge < -0.3 is 15.1 Å². The van der Waals surface area contributed by atoms with Gasteiger partial charge in [0.25, 0.3) is 0 Å². The summed E-state index contributed by atoms with van der Waals surface area (Å²) in [4.78, 5) is 25.4. The largest absolute Gasteiger partial charge is 0.373 e. The van der Waals surface area contributed by atoms with E-state index in [4.69, 9.17) is 4.98 Å². The van der Waals surface area contributed by atoms with E-state index in [0.717, 1.165) is 55.5 Å². The van der Waals surface area contributed by atoms with E-state index in [-0.39, 0.29) is 0 Å². The molecule has 21 heavy (non-hydrogen) atoms. The molecule has 1 unspecified atom stereocenters. The van der Waals surface area contributed by atoms with Crippen LogP contribution in [0.25, 0.3) is 0 Å². The number of hydrogen-bond acceptors (Lipinski definition) is 5. The summed E-state index contributed by atoms with van der Waals surface area (Å²) in [7, 11) is 1.89. The zero-order chi connectivity index (χ0) is 15.0. The molecule has 0 aromatic carbocycles. The first-order valence-electron chi connectivity index (χ1n) is 7.73. The molecule has 1 atom stereocenters. The highest BCUT2D eigenvalue weighted by molar-refractivity contribution is 5.79. The SMILES string of the molecule is CCc1nc(NC)c(C)c(N2CCN3C(=O)CCC3C2)n1. The molecule has 6 nitrogen and oxygen atoms in total. The van der Waals surface area contributed by atoms with Gasteiger partial charge in [-0.2, -0.15) is 0 Å². The second-order valence-corrected chi connectivity index (χ2v) is 5.77. The van der Waals surface area contributed by atoms with E-state index in [1.165, 1.54) is 0 Å². The predicted molar refractivity (Wildman–Crippen MR) is 82.6 cm³/mol. The highest BCUT2D eigenvalue weighted by Crippen LogP contribution is 2.29. The van der Waals surface area contributed by atoms with E-state index in [1.54, 1.807) is 0 Å². The van der Waals surface area contributed by atoms with Gasteiger partial charge in [-0.1, -0.05) is 6.92 Å². The predicted octanol–water partition coefficient (Wildman–Crippen LogP) is 1.20. The summed E-state index contributed by atoms with van der Waals surface area (Å²) in [6.07, 6.45) is 2.49. The van der Waals surface area contributed by atoms with E-state index in [9.17, 15) is 4.79 Å². The molecule has 1 amide bonds. The fraction of sp³-hybridized carbons (Fsp3) is 0.667. The van der Waals surface area contributed by atoms with Crippen molar-refractivity contribution in [1.29, 1.82) is 0 Å². The minimum atomic E-state index is 0.309. The van der Waals surface area contributed by atoms with Crippen LogP contribution in [0.15, 0.2) is 0 Å². The zero-order valence-corrected chi connectivity index (χ0v) is 13.0. The van der Waals surface area contributed by atoms with Crippen molar-refractivity contribution < 1.29 is 4.79 Å². The number of aromatic nitrogens is 2. The number of rotatable bonds is 3. The summed E-state index contributed by atoms with van der Waals surface area (Å²) in [5.74, 6) is 3.10. The number of anilines is 2. The number of fused-ring (bicyclic) bond motifs is 1. The van der Waals surface area contributed by atoms with Crippen LogP contribution in [0.3, 0.4) is 0 Å². The number of amides is 1. The molecule has 2 aliphatic heterocycles. The average molecular weight is 289 g/mol. The zero-order valence-electron chi connectivity index (χ0n) is 13.0. The van der Waals surface area contributed by atoms with Crippen molar-refractivity contribution in [2.45, 2.75) is 39.2 Å². The van der Waals surface area contributed by atoms with Gasteiger partial charge >= 0.3 is 0 Å². The summed E-state index contributed by atoms with van der Waals surface area (Å²) in [6.45, 7) is 6.68. The maximum Gasteiger partial charge on any atom is 0.223 e. The van der Waals surface area contributed by atoms with Crippen molar-refractivity contribution >= 4 is 17.5 Å².